The zero-order chi connectivity index (χ0) is 12.8. The van der Waals surface area contributed by atoms with Gasteiger partial charge in [-0.2, -0.15) is 0 Å². The highest BCUT2D eigenvalue weighted by molar-refractivity contribution is 5.83. The summed E-state index contributed by atoms with van der Waals surface area (Å²) in [5.74, 6) is 2.82. The van der Waals surface area contributed by atoms with Gasteiger partial charge in [-0.05, 0) is 35.7 Å². The van der Waals surface area contributed by atoms with Crippen LogP contribution in [0, 0.1) is 12.3 Å². The maximum Gasteiger partial charge on any atom is 0.0727 e. The molecule has 0 amide bonds. The molecular formula is C17H19N. The van der Waals surface area contributed by atoms with Gasteiger partial charge in [0.05, 0.1) is 6.04 Å². The van der Waals surface area contributed by atoms with Crippen LogP contribution in [-0.2, 0) is 6.42 Å². The number of benzene rings is 2. The van der Waals surface area contributed by atoms with Crippen molar-refractivity contribution >= 4 is 10.8 Å². The fourth-order valence-corrected chi connectivity index (χ4v) is 2.11. The van der Waals surface area contributed by atoms with Gasteiger partial charge in [-0.15, -0.1) is 6.42 Å². The summed E-state index contributed by atoms with van der Waals surface area (Å²) in [6, 6.07) is 15.1. The molecule has 2 rings (SSSR count). The third kappa shape index (κ3) is 3.12. The largest absolute Gasteiger partial charge is 0.303 e. The minimum Gasteiger partial charge on any atom is -0.303 e. The summed E-state index contributed by atoms with van der Waals surface area (Å²) in [5, 5.41) is 5.94. The Balaban J connectivity index is 2.13. The molecule has 0 bridgehead atoms. The van der Waals surface area contributed by atoms with Crippen LogP contribution in [0.1, 0.15) is 18.9 Å². The average Bonchev–Trinajstić information content (AvgIpc) is 2.43. The van der Waals surface area contributed by atoms with Crippen LogP contribution in [0.15, 0.2) is 42.5 Å². The third-order valence-corrected chi connectivity index (χ3v) is 3.10. The SMILES string of the molecule is C#CC(Cc1ccc2ccccc2c1)NCCC. The van der Waals surface area contributed by atoms with E-state index in [0.29, 0.717) is 0 Å². The maximum atomic E-state index is 5.56. The third-order valence-electron chi connectivity index (χ3n) is 3.10. The van der Waals surface area contributed by atoms with Gasteiger partial charge in [-0.25, -0.2) is 0 Å². The molecule has 0 aliphatic rings. The Kier molecular flexibility index (Phi) is 4.39. The fraction of sp³-hybridized carbons (Fsp3) is 0.294. The van der Waals surface area contributed by atoms with Crippen molar-refractivity contribution in [3.8, 4) is 12.3 Å². The molecule has 18 heavy (non-hydrogen) atoms. The number of hydrogen-bond acceptors (Lipinski definition) is 1. The van der Waals surface area contributed by atoms with Gasteiger partial charge < -0.3 is 5.32 Å². The minimum absolute atomic E-state index is 0.131. The van der Waals surface area contributed by atoms with Gasteiger partial charge >= 0.3 is 0 Å². The zero-order valence-corrected chi connectivity index (χ0v) is 10.8. The van der Waals surface area contributed by atoms with Crippen molar-refractivity contribution in [1.29, 1.82) is 0 Å². The van der Waals surface area contributed by atoms with E-state index in [-0.39, 0.29) is 6.04 Å². The normalized spacial score (nSPS) is 12.2. The van der Waals surface area contributed by atoms with Gasteiger partial charge in [0.1, 0.15) is 0 Å². The number of nitrogens with one attached hydrogen (secondary N) is 1. The van der Waals surface area contributed by atoms with Crippen molar-refractivity contribution in [1.82, 2.24) is 5.32 Å². The van der Waals surface area contributed by atoms with Gasteiger partial charge in [-0.1, -0.05) is 55.3 Å². The van der Waals surface area contributed by atoms with E-state index in [2.05, 4.69) is 60.6 Å². The molecule has 0 saturated carbocycles. The molecule has 2 aromatic carbocycles. The van der Waals surface area contributed by atoms with Crippen molar-refractivity contribution in [3.63, 3.8) is 0 Å². The van der Waals surface area contributed by atoms with Crippen LogP contribution in [-0.4, -0.2) is 12.6 Å². The summed E-state index contributed by atoms with van der Waals surface area (Å²) in [6.45, 7) is 3.12. The number of terminal acetylenes is 1. The lowest BCUT2D eigenvalue weighted by Gasteiger charge is -2.12. The van der Waals surface area contributed by atoms with Crippen LogP contribution in [0.2, 0.25) is 0 Å². The van der Waals surface area contributed by atoms with Crippen molar-refractivity contribution in [2.24, 2.45) is 0 Å². The second-order valence-electron chi connectivity index (χ2n) is 4.56. The van der Waals surface area contributed by atoms with E-state index in [1.165, 1.54) is 16.3 Å². The predicted molar refractivity (Wildman–Crippen MR) is 78.6 cm³/mol. The van der Waals surface area contributed by atoms with Gasteiger partial charge in [-0.3, -0.25) is 0 Å². The quantitative estimate of drug-likeness (QED) is 0.786. The predicted octanol–water partition coefficient (Wildman–Crippen LogP) is 3.38. The van der Waals surface area contributed by atoms with Crippen LogP contribution in [0.3, 0.4) is 0 Å². The van der Waals surface area contributed by atoms with Crippen LogP contribution < -0.4 is 5.32 Å². The molecule has 0 radical (unpaired) electrons. The van der Waals surface area contributed by atoms with Gasteiger partial charge in [0, 0.05) is 0 Å². The van der Waals surface area contributed by atoms with E-state index in [1.54, 1.807) is 0 Å². The second kappa shape index (κ2) is 6.23. The average molecular weight is 237 g/mol. The monoisotopic (exact) mass is 237 g/mol. The molecule has 0 aliphatic heterocycles. The van der Waals surface area contributed by atoms with E-state index in [1.807, 2.05) is 0 Å². The first-order valence-corrected chi connectivity index (χ1v) is 6.50. The summed E-state index contributed by atoms with van der Waals surface area (Å²) in [6.07, 6.45) is 7.56. The van der Waals surface area contributed by atoms with Crippen molar-refractivity contribution in [2.75, 3.05) is 6.54 Å². The highest BCUT2D eigenvalue weighted by Gasteiger charge is 2.05. The molecule has 0 saturated heterocycles. The first kappa shape index (κ1) is 12.7. The summed E-state index contributed by atoms with van der Waals surface area (Å²) < 4.78 is 0. The van der Waals surface area contributed by atoms with Gasteiger partial charge in [0.25, 0.3) is 0 Å². The fourth-order valence-electron chi connectivity index (χ4n) is 2.11. The maximum absolute atomic E-state index is 5.56. The molecule has 1 atom stereocenters. The minimum atomic E-state index is 0.131. The van der Waals surface area contributed by atoms with E-state index < -0.39 is 0 Å². The van der Waals surface area contributed by atoms with Crippen LogP contribution >= 0.6 is 0 Å². The lowest BCUT2D eigenvalue weighted by atomic mass is 10.0. The number of hydrogen-bond donors (Lipinski definition) is 1. The number of fused-ring (bicyclic) bond motifs is 1. The highest BCUT2D eigenvalue weighted by atomic mass is 14.9. The number of rotatable bonds is 5. The van der Waals surface area contributed by atoms with Crippen LogP contribution in [0.4, 0.5) is 0 Å². The molecule has 1 nitrogen and oxygen atoms in total. The lowest BCUT2D eigenvalue weighted by molar-refractivity contribution is 0.598. The Hall–Kier alpha value is -1.78. The Labute approximate surface area is 109 Å². The molecule has 1 N–H and O–H groups in total. The van der Waals surface area contributed by atoms with E-state index in [4.69, 9.17) is 6.42 Å². The molecule has 0 aromatic heterocycles. The van der Waals surface area contributed by atoms with Crippen LogP contribution in [0.25, 0.3) is 10.8 Å². The van der Waals surface area contributed by atoms with E-state index in [9.17, 15) is 0 Å². The topological polar surface area (TPSA) is 12.0 Å². The molecule has 0 aliphatic carbocycles. The summed E-state index contributed by atoms with van der Waals surface area (Å²) >= 11 is 0. The first-order valence-electron chi connectivity index (χ1n) is 6.50. The Morgan fingerprint density at radius 2 is 1.94 bits per heavy atom. The van der Waals surface area contributed by atoms with Crippen molar-refractivity contribution in [3.05, 3.63) is 48.0 Å². The molecule has 92 valence electrons. The van der Waals surface area contributed by atoms with Gasteiger partial charge in [0.15, 0.2) is 0 Å². The molecule has 1 unspecified atom stereocenters. The second-order valence-corrected chi connectivity index (χ2v) is 4.56. The Morgan fingerprint density at radius 3 is 2.67 bits per heavy atom. The van der Waals surface area contributed by atoms with Crippen LogP contribution in [0.5, 0.6) is 0 Å². The molecule has 1 heteroatoms. The van der Waals surface area contributed by atoms with E-state index >= 15 is 0 Å². The van der Waals surface area contributed by atoms with Gasteiger partial charge in [0.2, 0.25) is 0 Å². The van der Waals surface area contributed by atoms with Crippen molar-refractivity contribution < 1.29 is 0 Å². The summed E-state index contributed by atoms with van der Waals surface area (Å²) in [4.78, 5) is 0. The smallest absolute Gasteiger partial charge is 0.0727 e. The lowest BCUT2D eigenvalue weighted by Crippen LogP contribution is -2.30. The standard InChI is InChI=1S/C17H19N/c1-3-11-18-17(4-2)13-14-9-10-15-7-5-6-8-16(15)12-14/h2,5-10,12,17-18H,3,11,13H2,1H3. The summed E-state index contributed by atoms with van der Waals surface area (Å²) in [5.41, 5.74) is 1.29. The molecule has 0 fully saturated rings. The Bertz CT molecular complexity index is 551. The molecule has 0 heterocycles. The summed E-state index contributed by atoms with van der Waals surface area (Å²) in [7, 11) is 0. The molecule has 2 aromatic rings. The highest BCUT2D eigenvalue weighted by Crippen LogP contribution is 2.16. The Morgan fingerprint density at radius 1 is 1.17 bits per heavy atom. The zero-order valence-electron chi connectivity index (χ0n) is 10.8. The van der Waals surface area contributed by atoms with Crippen molar-refractivity contribution in [2.45, 2.75) is 25.8 Å². The molecule has 0 spiro atoms. The first-order chi connectivity index (χ1) is 8.83. The molecular weight excluding hydrogens is 218 g/mol. The van der Waals surface area contributed by atoms with E-state index in [0.717, 1.165) is 19.4 Å².